The third kappa shape index (κ3) is 1.99. The molecule has 2 aliphatic rings. The van der Waals surface area contributed by atoms with Crippen LogP contribution in [0.15, 0.2) is 11.4 Å². The standard InChI is InChI=1S/C15H19NO4S/c1-14(2)10-4-5-15(14,3)11(7-10)20-13(17)9-6-12(16(18)19)21-8-9/h6,8,10-11H,4-5,7H2,1-3H3. The van der Waals surface area contributed by atoms with E-state index in [2.05, 4.69) is 20.8 Å². The molecule has 1 heterocycles. The molecule has 0 spiro atoms. The molecule has 21 heavy (non-hydrogen) atoms. The van der Waals surface area contributed by atoms with Crippen molar-refractivity contribution in [1.29, 1.82) is 0 Å². The number of ether oxygens (including phenoxy) is 1. The molecule has 3 atom stereocenters. The number of esters is 1. The summed E-state index contributed by atoms with van der Waals surface area (Å²) in [5, 5.41) is 12.2. The van der Waals surface area contributed by atoms with E-state index in [9.17, 15) is 14.9 Å². The molecule has 0 aliphatic heterocycles. The largest absolute Gasteiger partial charge is 0.458 e. The van der Waals surface area contributed by atoms with Crippen LogP contribution in [0.1, 0.15) is 50.4 Å². The lowest BCUT2D eigenvalue weighted by Gasteiger charge is -2.38. The molecule has 0 amide bonds. The molecule has 3 rings (SSSR count). The summed E-state index contributed by atoms with van der Waals surface area (Å²) in [5.41, 5.74) is 0.476. The number of hydrogen-bond acceptors (Lipinski definition) is 5. The first-order valence-electron chi connectivity index (χ1n) is 7.19. The molecule has 0 N–H and O–H groups in total. The molecule has 2 fully saturated rings. The van der Waals surface area contributed by atoms with Gasteiger partial charge in [0.1, 0.15) is 6.10 Å². The van der Waals surface area contributed by atoms with Crippen LogP contribution in [0.5, 0.6) is 0 Å². The van der Waals surface area contributed by atoms with E-state index < -0.39 is 10.9 Å². The maximum atomic E-state index is 12.2. The monoisotopic (exact) mass is 309 g/mol. The zero-order valence-corrected chi connectivity index (χ0v) is 13.2. The van der Waals surface area contributed by atoms with Crippen molar-refractivity contribution in [2.75, 3.05) is 0 Å². The van der Waals surface area contributed by atoms with Crippen molar-refractivity contribution in [3.63, 3.8) is 0 Å². The summed E-state index contributed by atoms with van der Waals surface area (Å²) in [6.45, 7) is 6.72. The van der Waals surface area contributed by atoms with Crippen molar-refractivity contribution in [2.24, 2.45) is 16.7 Å². The number of rotatable bonds is 3. The van der Waals surface area contributed by atoms with Gasteiger partial charge in [-0.15, -0.1) is 0 Å². The van der Waals surface area contributed by atoms with Crippen molar-refractivity contribution in [1.82, 2.24) is 0 Å². The molecule has 1 aromatic rings. The Kier molecular flexibility index (Phi) is 3.13. The van der Waals surface area contributed by atoms with Gasteiger partial charge in [0.15, 0.2) is 0 Å². The molecule has 2 aliphatic carbocycles. The minimum absolute atomic E-state index is 0.00921. The van der Waals surface area contributed by atoms with E-state index >= 15 is 0 Å². The van der Waals surface area contributed by atoms with Crippen LogP contribution in [-0.4, -0.2) is 17.0 Å². The molecule has 0 aromatic carbocycles. The third-order valence-corrected chi connectivity index (χ3v) is 6.84. The first-order chi connectivity index (χ1) is 9.75. The second kappa shape index (κ2) is 4.53. The van der Waals surface area contributed by atoms with Crippen LogP contribution in [0, 0.1) is 26.9 Å². The van der Waals surface area contributed by atoms with Crippen molar-refractivity contribution in [3.8, 4) is 0 Å². The van der Waals surface area contributed by atoms with Crippen LogP contribution < -0.4 is 0 Å². The van der Waals surface area contributed by atoms with E-state index in [0.29, 0.717) is 5.92 Å². The minimum Gasteiger partial charge on any atom is -0.458 e. The Hall–Kier alpha value is -1.43. The molecular weight excluding hydrogens is 290 g/mol. The fraction of sp³-hybridized carbons (Fsp3) is 0.667. The first kappa shape index (κ1) is 14.5. The van der Waals surface area contributed by atoms with E-state index in [1.165, 1.54) is 17.9 Å². The van der Waals surface area contributed by atoms with Crippen LogP contribution in [0.2, 0.25) is 0 Å². The Bertz CT molecular complexity index is 609. The summed E-state index contributed by atoms with van der Waals surface area (Å²) < 4.78 is 5.71. The fourth-order valence-electron chi connectivity index (χ4n) is 4.03. The predicted molar refractivity (Wildman–Crippen MR) is 79.4 cm³/mol. The van der Waals surface area contributed by atoms with Crippen LogP contribution in [-0.2, 0) is 4.74 Å². The van der Waals surface area contributed by atoms with Crippen molar-refractivity contribution in [2.45, 2.75) is 46.1 Å². The van der Waals surface area contributed by atoms with Crippen molar-refractivity contribution in [3.05, 3.63) is 27.1 Å². The lowest BCUT2D eigenvalue weighted by Crippen LogP contribution is -2.38. The fourth-order valence-corrected chi connectivity index (χ4v) is 4.73. The minimum atomic E-state index is -0.483. The Morgan fingerprint density at radius 2 is 2.19 bits per heavy atom. The molecule has 1 aromatic heterocycles. The zero-order valence-electron chi connectivity index (χ0n) is 12.4. The first-order valence-corrected chi connectivity index (χ1v) is 8.07. The SMILES string of the molecule is CC1(C)C2CCC1(C)C(OC(=O)c1csc([N+](=O)[O-])c1)C2. The number of carbonyl (C=O) groups excluding carboxylic acids is 1. The second-order valence-corrected chi connectivity index (χ2v) is 7.82. The van der Waals surface area contributed by atoms with Gasteiger partial charge in [-0.05, 0) is 30.6 Å². The number of fused-ring (bicyclic) bond motifs is 2. The maximum Gasteiger partial charge on any atom is 0.339 e. The van der Waals surface area contributed by atoms with Crippen molar-refractivity contribution < 1.29 is 14.5 Å². The Morgan fingerprint density at radius 3 is 2.67 bits per heavy atom. The summed E-state index contributed by atoms with van der Waals surface area (Å²) >= 11 is 0.958. The Labute approximate surface area is 127 Å². The maximum absolute atomic E-state index is 12.2. The summed E-state index contributed by atoms with van der Waals surface area (Å²) in [4.78, 5) is 22.4. The number of hydrogen-bond donors (Lipinski definition) is 0. The highest BCUT2D eigenvalue weighted by atomic mass is 32.1. The van der Waals surface area contributed by atoms with E-state index in [-0.39, 0.29) is 27.5 Å². The molecule has 114 valence electrons. The van der Waals surface area contributed by atoms with Gasteiger partial charge in [0, 0.05) is 16.9 Å². The summed E-state index contributed by atoms with van der Waals surface area (Å²) in [6, 6.07) is 1.30. The van der Waals surface area contributed by atoms with Crippen LogP contribution in [0.3, 0.4) is 0 Å². The summed E-state index contributed by atoms with van der Waals surface area (Å²) in [6.07, 6.45) is 3.09. The molecular formula is C15H19NO4S. The molecule has 0 radical (unpaired) electrons. The van der Waals surface area contributed by atoms with Gasteiger partial charge in [-0.1, -0.05) is 32.1 Å². The second-order valence-electron chi connectivity index (χ2n) is 6.94. The van der Waals surface area contributed by atoms with Gasteiger partial charge in [-0.3, -0.25) is 10.1 Å². The van der Waals surface area contributed by atoms with Gasteiger partial charge >= 0.3 is 11.0 Å². The molecule has 6 heteroatoms. The smallest absolute Gasteiger partial charge is 0.339 e. The number of nitrogens with zero attached hydrogens (tertiary/aromatic N) is 1. The average Bonchev–Trinajstić information content (AvgIpc) is 3.02. The van der Waals surface area contributed by atoms with Gasteiger partial charge < -0.3 is 4.74 Å². The summed E-state index contributed by atoms with van der Waals surface area (Å²) in [5.74, 6) is 0.158. The van der Waals surface area contributed by atoms with E-state index in [4.69, 9.17) is 4.74 Å². The topological polar surface area (TPSA) is 69.4 Å². The highest BCUT2D eigenvalue weighted by Crippen LogP contribution is 2.66. The Balaban J connectivity index is 1.75. The predicted octanol–water partition coefficient (Wildman–Crippen LogP) is 4.03. The number of carbonyl (C=O) groups is 1. The molecule has 0 saturated heterocycles. The number of thiophene rings is 1. The summed E-state index contributed by atoms with van der Waals surface area (Å²) in [7, 11) is 0. The van der Waals surface area contributed by atoms with Gasteiger partial charge in [0.2, 0.25) is 0 Å². The van der Waals surface area contributed by atoms with Gasteiger partial charge in [0.25, 0.3) is 0 Å². The quantitative estimate of drug-likeness (QED) is 0.480. The number of nitro groups is 1. The lowest BCUT2D eigenvalue weighted by atomic mass is 9.70. The van der Waals surface area contributed by atoms with E-state index in [1.807, 2.05) is 0 Å². The molecule has 5 nitrogen and oxygen atoms in total. The van der Waals surface area contributed by atoms with Gasteiger partial charge in [-0.25, -0.2) is 4.79 Å². The highest BCUT2D eigenvalue weighted by molar-refractivity contribution is 7.13. The van der Waals surface area contributed by atoms with E-state index in [0.717, 1.165) is 24.2 Å². The van der Waals surface area contributed by atoms with Crippen molar-refractivity contribution >= 4 is 22.3 Å². The normalized spacial score (nSPS) is 33.1. The van der Waals surface area contributed by atoms with Gasteiger partial charge in [-0.2, -0.15) is 0 Å². The highest BCUT2D eigenvalue weighted by Gasteiger charge is 2.62. The molecule has 2 bridgehead atoms. The van der Waals surface area contributed by atoms with Gasteiger partial charge in [0.05, 0.1) is 10.5 Å². The van der Waals surface area contributed by atoms with Crippen LogP contribution >= 0.6 is 11.3 Å². The van der Waals surface area contributed by atoms with Crippen LogP contribution in [0.4, 0.5) is 5.00 Å². The Morgan fingerprint density at radius 1 is 1.48 bits per heavy atom. The third-order valence-electron chi connectivity index (χ3n) is 5.96. The lowest BCUT2D eigenvalue weighted by molar-refractivity contribution is -0.380. The molecule has 2 saturated carbocycles. The average molecular weight is 309 g/mol. The molecule has 3 unspecified atom stereocenters. The van der Waals surface area contributed by atoms with Crippen LogP contribution in [0.25, 0.3) is 0 Å². The zero-order chi connectivity index (χ0) is 15.4. The van der Waals surface area contributed by atoms with E-state index in [1.54, 1.807) is 0 Å².